The van der Waals surface area contributed by atoms with E-state index in [2.05, 4.69) is 17.2 Å². The molecule has 0 aliphatic carbocycles. The SMILES string of the molecule is C=C(C)C(=O)NCCCNCCO. The first-order valence-corrected chi connectivity index (χ1v) is 4.43. The maximum atomic E-state index is 11.0. The Balaban J connectivity index is 3.16. The van der Waals surface area contributed by atoms with Crippen LogP contribution in [0, 0.1) is 0 Å². The molecule has 13 heavy (non-hydrogen) atoms. The summed E-state index contributed by atoms with van der Waals surface area (Å²) in [5.41, 5.74) is 0.531. The fraction of sp³-hybridized carbons (Fsp3) is 0.667. The molecule has 0 aliphatic rings. The number of nitrogens with one attached hydrogen (secondary N) is 2. The number of carbonyl (C=O) groups excluding carboxylic acids is 1. The van der Waals surface area contributed by atoms with Crippen molar-refractivity contribution < 1.29 is 9.90 Å². The monoisotopic (exact) mass is 186 g/mol. The molecule has 0 aromatic carbocycles. The van der Waals surface area contributed by atoms with E-state index in [1.54, 1.807) is 6.92 Å². The van der Waals surface area contributed by atoms with Crippen molar-refractivity contribution in [3.8, 4) is 0 Å². The molecule has 4 heteroatoms. The van der Waals surface area contributed by atoms with E-state index in [4.69, 9.17) is 5.11 Å². The molecular weight excluding hydrogens is 168 g/mol. The third-order valence-corrected chi connectivity index (χ3v) is 1.49. The Morgan fingerprint density at radius 1 is 1.38 bits per heavy atom. The first kappa shape index (κ1) is 12.1. The largest absolute Gasteiger partial charge is 0.395 e. The van der Waals surface area contributed by atoms with Gasteiger partial charge in [-0.1, -0.05) is 6.58 Å². The number of carbonyl (C=O) groups is 1. The van der Waals surface area contributed by atoms with Crippen molar-refractivity contribution in [2.75, 3.05) is 26.2 Å². The van der Waals surface area contributed by atoms with Gasteiger partial charge in [0.2, 0.25) is 5.91 Å². The molecule has 0 rings (SSSR count). The summed E-state index contributed by atoms with van der Waals surface area (Å²) in [4.78, 5) is 11.0. The van der Waals surface area contributed by atoms with E-state index in [-0.39, 0.29) is 12.5 Å². The van der Waals surface area contributed by atoms with Gasteiger partial charge in [0.25, 0.3) is 0 Å². The minimum Gasteiger partial charge on any atom is -0.395 e. The maximum Gasteiger partial charge on any atom is 0.246 e. The van der Waals surface area contributed by atoms with Crippen LogP contribution in [0.5, 0.6) is 0 Å². The van der Waals surface area contributed by atoms with Crippen LogP contribution in [0.15, 0.2) is 12.2 Å². The smallest absolute Gasteiger partial charge is 0.246 e. The second-order valence-corrected chi connectivity index (χ2v) is 2.86. The molecule has 0 atom stereocenters. The molecule has 4 nitrogen and oxygen atoms in total. The molecule has 0 unspecified atom stereocenters. The van der Waals surface area contributed by atoms with Gasteiger partial charge in [-0.05, 0) is 19.9 Å². The molecule has 76 valence electrons. The van der Waals surface area contributed by atoms with Crippen LogP contribution in [0.4, 0.5) is 0 Å². The van der Waals surface area contributed by atoms with Gasteiger partial charge in [0.05, 0.1) is 6.61 Å². The topological polar surface area (TPSA) is 61.4 Å². The molecule has 0 aromatic rings. The minimum atomic E-state index is -0.0952. The van der Waals surface area contributed by atoms with Crippen LogP contribution in [0.25, 0.3) is 0 Å². The lowest BCUT2D eigenvalue weighted by atomic mass is 10.3. The summed E-state index contributed by atoms with van der Waals surface area (Å²) in [6.45, 7) is 7.40. The van der Waals surface area contributed by atoms with Crippen LogP contribution in [0.1, 0.15) is 13.3 Å². The first-order chi connectivity index (χ1) is 6.18. The molecule has 0 aliphatic heterocycles. The summed E-state index contributed by atoms with van der Waals surface area (Å²) in [5.74, 6) is -0.0952. The van der Waals surface area contributed by atoms with E-state index in [0.29, 0.717) is 18.7 Å². The van der Waals surface area contributed by atoms with Crippen molar-refractivity contribution in [2.45, 2.75) is 13.3 Å². The molecular formula is C9H18N2O2. The molecule has 3 N–H and O–H groups in total. The molecule has 0 aromatic heterocycles. The number of hydrogen-bond acceptors (Lipinski definition) is 3. The van der Waals surface area contributed by atoms with E-state index in [1.165, 1.54) is 0 Å². The zero-order chi connectivity index (χ0) is 10.1. The predicted molar refractivity (Wildman–Crippen MR) is 52.4 cm³/mol. The van der Waals surface area contributed by atoms with Crippen LogP contribution in [-0.2, 0) is 4.79 Å². The van der Waals surface area contributed by atoms with Crippen LogP contribution >= 0.6 is 0 Å². The summed E-state index contributed by atoms with van der Waals surface area (Å²) in [5, 5.41) is 14.2. The zero-order valence-electron chi connectivity index (χ0n) is 8.10. The highest BCUT2D eigenvalue weighted by molar-refractivity contribution is 5.91. The average Bonchev–Trinajstić information content (AvgIpc) is 2.10. The van der Waals surface area contributed by atoms with Gasteiger partial charge in [-0.2, -0.15) is 0 Å². The number of aliphatic hydroxyl groups is 1. The summed E-state index contributed by atoms with van der Waals surface area (Å²) in [7, 11) is 0. The third-order valence-electron chi connectivity index (χ3n) is 1.49. The second kappa shape index (κ2) is 7.76. The van der Waals surface area contributed by atoms with Gasteiger partial charge < -0.3 is 15.7 Å². The van der Waals surface area contributed by atoms with Gasteiger partial charge in [0.15, 0.2) is 0 Å². The van der Waals surface area contributed by atoms with Gasteiger partial charge >= 0.3 is 0 Å². The lowest BCUT2D eigenvalue weighted by molar-refractivity contribution is -0.117. The molecule has 0 spiro atoms. The summed E-state index contributed by atoms with van der Waals surface area (Å²) < 4.78 is 0. The molecule has 0 bridgehead atoms. The Kier molecular flexibility index (Phi) is 7.24. The highest BCUT2D eigenvalue weighted by atomic mass is 16.3. The Morgan fingerprint density at radius 3 is 2.62 bits per heavy atom. The second-order valence-electron chi connectivity index (χ2n) is 2.86. The number of amides is 1. The zero-order valence-corrected chi connectivity index (χ0v) is 8.10. The van der Waals surface area contributed by atoms with Crippen LogP contribution in [-0.4, -0.2) is 37.3 Å². The van der Waals surface area contributed by atoms with Crippen LogP contribution in [0.3, 0.4) is 0 Å². The Labute approximate surface area is 79.0 Å². The summed E-state index contributed by atoms with van der Waals surface area (Å²) >= 11 is 0. The fourth-order valence-electron chi connectivity index (χ4n) is 0.770. The van der Waals surface area contributed by atoms with Crippen LogP contribution in [0.2, 0.25) is 0 Å². The van der Waals surface area contributed by atoms with E-state index >= 15 is 0 Å². The van der Waals surface area contributed by atoms with E-state index in [0.717, 1.165) is 13.0 Å². The quantitative estimate of drug-likeness (QED) is 0.376. The molecule has 0 saturated heterocycles. The molecule has 0 radical (unpaired) electrons. The highest BCUT2D eigenvalue weighted by Crippen LogP contribution is 1.85. The normalized spacial score (nSPS) is 9.69. The van der Waals surface area contributed by atoms with Crippen LogP contribution < -0.4 is 10.6 Å². The van der Waals surface area contributed by atoms with E-state index < -0.39 is 0 Å². The highest BCUT2D eigenvalue weighted by Gasteiger charge is 1.98. The number of aliphatic hydroxyl groups excluding tert-OH is 1. The average molecular weight is 186 g/mol. The van der Waals surface area contributed by atoms with Gasteiger partial charge in [-0.15, -0.1) is 0 Å². The van der Waals surface area contributed by atoms with Crippen molar-refractivity contribution in [2.24, 2.45) is 0 Å². The van der Waals surface area contributed by atoms with Gasteiger partial charge in [0.1, 0.15) is 0 Å². The Bertz CT molecular complexity index is 169. The predicted octanol–water partition coefficient (Wildman–Crippen LogP) is -0.349. The Morgan fingerprint density at radius 2 is 2.08 bits per heavy atom. The lowest BCUT2D eigenvalue weighted by Crippen LogP contribution is -2.28. The Hall–Kier alpha value is -0.870. The summed E-state index contributed by atoms with van der Waals surface area (Å²) in [6.07, 6.45) is 0.860. The molecule has 0 saturated carbocycles. The van der Waals surface area contributed by atoms with Gasteiger partial charge in [-0.25, -0.2) is 0 Å². The van der Waals surface area contributed by atoms with Crippen molar-refractivity contribution in [3.63, 3.8) is 0 Å². The van der Waals surface area contributed by atoms with E-state index in [1.807, 2.05) is 0 Å². The molecule has 0 fully saturated rings. The molecule has 1 amide bonds. The standard InChI is InChI=1S/C9H18N2O2/c1-8(2)9(13)11-5-3-4-10-6-7-12/h10,12H,1,3-7H2,2H3,(H,11,13). The van der Waals surface area contributed by atoms with Crippen molar-refractivity contribution in [1.29, 1.82) is 0 Å². The number of rotatable bonds is 7. The molecule has 0 heterocycles. The van der Waals surface area contributed by atoms with Gasteiger partial charge in [-0.3, -0.25) is 4.79 Å². The van der Waals surface area contributed by atoms with E-state index in [9.17, 15) is 4.79 Å². The first-order valence-electron chi connectivity index (χ1n) is 4.43. The maximum absolute atomic E-state index is 11.0. The fourth-order valence-corrected chi connectivity index (χ4v) is 0.770. The van der Waals surface area contributed by atoms with Crippen molar-refractivity contribution >= 4 is 5.91 Å². The van der Waals surface area contributed by atoms with Crippen molar-refractivity contribution in [1.82, 2.24) is 10.6 Å². The minimum absolute atomic E-state index is 0.0952. The third kappa shape index (κ3) is 7.49. The van der Waals surface area contributed by atoms with Crippen molar-refractivity contribution in [3.05, 3.63) is 12.2 Å². The van der Waals surface area contributed by atoms with Gasteiger partial charge in [0, 0.05) is 18.7 Å². The summed E-state index contributed by atoms with van der Waals surface area (Å²) in [6, 6.07) is 0. The number of hydrogen-bond donors (Lipinski definition) is 3. The lowest BCUT2D eigenvalue weighted by Gasteiger charge is -2.04.